The van der Waals surface area contributed by atoms with Crippen molar-refractivity contribution in [2.75, 3.05) is 45.8 Å². The molecule has 1 aromatic carbocycles. The average Bonchev–Trinajstić information content (AvgIpc) is 3.46. The number of pyridine rings is 1. The van der Waals surface area contributed by atoms with Crippen LogP contribution in [0, 0.1) is 0 Å². The summed E-state index contributed by atoms with van der Waals surface area (Å²) in [4.78, 5) is 36.6. The van der Waals surface area contributed by atoms with Crippen molar-refractivity contribution < 1.29 is 9.59 Å². The second kappa shape index (κ2) is 7.75. The van der Waals surface area contributed by atoms with Crippen LogP contribution in [0.4, 0.5) is 0 Å². The van der Waals surface area contributed by atoms with Gasteiger partial charge in [-0.1, -0.05) is 18.2 Å². The number of benzene rings is 1. The van der Waals surface area contributed by atoms with E-state index in [1.54, 1.807) is 0 Å². The van der Waals surface area contributed by atoms with E-state index in [-0.39, 0.29) is 11.8 Å². The highest BCUT2D eigenvalue weighted by atomic mass is 16.2. The molecule has 3 aliphatic rings. The van der Waals surface area contributed by atoms with Gasteiger partial charge in [0.1, 0.15) is 0 Å². The Bertz CT molecular complexity index is 926. The number of likely N-dealkylation sites (tertiary alicyclic amines) is 1. The zero-order valence-electron chi connectivity index (χ0n) is 16.8. The van der Waals surface area contributed by atoms with Crippen molar-refractivity contribution in [1.29, 1.82) is 0 Å². The molecule has 0 atom stereocenters. The molecule has 29 heavy (non-hydrogen) atoms. The van der Waals surface area contributed by atoms with Gasteiger partial charge in [0.25, 0.3) is 5.91 Å². The van der Waals surface area contributed by atoms with Gasteiger partial charge in [0.2, 0.25) is 5.91 Å². The summed E-state index contributed by atoms with van der Waals surface area (Å²) in [5.41, 5.74) is 2.75. The minimum Gasteiger partial charge on any atom is -0.342 e. The minimum absolute atomic E-state index is 0.0935. The molecule has 1 saturated carbocycles. The van der Waals surface area contributed by atoms with E-state index in [1.165, 1.54) is 12.8 Å². The van der Waals surface area contributed by atoms with Crippen molar-refractivity contribution in [2.24, 2.45) is 0 Å². The second-order valence-corrected chi connectivity index (χ2v) is 8.54. The third-order valence-electron chi connectivity index (χ3n) is 6.44. The van der Waals surface area contributed by atoms with E-state index in [4.69, 9.17) is 4.98 Å². The van der Waals surface area contributed by atoms with Gasteiger partial charge >= 0.3 is 0 Å². The molecule has 1 aliphatic carbocycles. The Kier molecular flexibility index (Phi) is 4.96. The van der Waals surface area contributed by atoms with Crippen LogP contribution in [0.3, 0.4) is 0 Å². The first-order valence-corrected chi connectivity index (χ1v) is 10.9. The fourth-order valence-corrected chi connectivity index (χ4v) is 4.50. The highest BCUT2D eigenvalue weighted by Crippen LogP contribution is 2.40. The topological polar surface area (TPSA) is 56.8 Å². The molecule has 5 rings (SSSR count). The van der Waals surface area contributed by atoms with Gasteiger partial charge in [0.15, 0.2) is 0 Å². The van der Waals surface area contributed by atoms with Crippen LogP contribution in [0.2, 0.25) is 0 Å². The second-order valence-electron chi connectivity index (χ2n) is 8.54. The lowest BCUT2D eigenvalue weighted by Gasteiger charge is -2.35. The Morgan fingerprint density at radius 1 is 0.931 bits per heavy atom. The number of amides is 2. The van der Waals surface area contributed by atoms with E-state index in [2.05, 4.69) is 4.90 Å². The number of hydrogen-bond donors (Lipinski definition) is 0. The molecule has 3 fully saturated rings. The average molecular weight is 393 g/mol. The number of hydrogen-bond acceptors (Lipinski definition) is 4. The largest absolute Gasteiger partial charge is 0.342 e. The SMILES string of the molecule is O=C(CN1CCN(C(=O)c2cc(C3CC3)nc3ccccc23)CC1)N1CCCC1. The van der Waals surface area contributed by atoms with E-state index >= 15 is 0 Å². The molecule has 2 aliphatic heterocycles. The van der Waals surface area contributed by atoms with Crippen molar-refractivity contribution in [3.63, 3.8) is 0 Å². The number of rotatable bonds is 4. The number of para-hydroxylation sites is 1. The molecule has 0 spiro atoms. The Balaban J connectivity index is 1.28. The lowest BCUT2D eigenvalue weighted by Crippen LogP contribution is -2.51. The Morgan fingerprint density at radius 2 is 1.66 bits per heavy atom. The van der Waals surface area contributed by atoms with Crippen LogP contribution in [0.1, 0.15) is 47.7 Å². The summed E-state index contributed by atoms with van der Waals surface area (Å²) in [6.45, 7) is 5.12. The summed E-state index contributed by atoms with van der Waals surface area (Å²) >= 11 is 0. The lowest BCUT2D eigenvalue weighted by molar-refractivity contribution is -0.131. The molecule has 1 aromatic heterocycles. The lowest BCUT2D eigenvalue weighted by atomic mass is 10.0. The van der Waals surface area contributed by atoms with Gasteiger partial charge in [0.05, 0.1) is 17.6 Å². The Hall–Kier alpha value is -2.47. The maximum absolute atomic E-state index is 13.4. The van der Waals surface area contributed by atoms with Crippen LogP contribution in [0.5, 0.6) is 0 Å². The Morgan fingerprint density at radius 3 is 2.38 bits per heavy atom. The van der Waals surface area contributed by atoms with Crippen LogP contribution in [0.25, 0.3) is 10.9 Å². The number of aromatic nitrogens is 1. The maximum Gasteiger partial charge on any atom is 0.254 e. The molecule has 6 heteroatoms. The van der Waals surface area contributed by atoms with Crippen molar-refractivity contribution in [2.45, 2.75) is 31.6 Å². The molecule has 0 N–H and O–H groups in total. The van der Waals surface area contributed by atoms with E-state index in [0.29, 0.717) is 25.6 Å². The van der Waals surface area contributed by atoms with E-state index in [9.17, 15) is 9.59 Å². The third kappa shape index (κ3) is 3.86. The number of fused-ring (bicyclic) bond motifs is 1. The zero-order valence-corrected chi connectivity index (χ0v) is 16.8. The molecule has 0 radical (unpaired) electrons. The highest BCUT2D eigenvalue weighted by Gasteiger charge is 2.29. The summed E-state index contributed by atoms with van der Waals surface area (Å²) in [5.74, 6) is 0.840. The summed E-state index contributed by atoms with van der Waals surface area (Å²) in [7, 11) is 0. The number of nitrogens with zero attached hydrogens (tertiary/aromatic N) is 4. The molecular weight excluding hydrogens is 364 g/mol. The van der Waals surface area contributed by atoms with Gasteiger partial charge in [0, 0.05) is 56.3 Å². The van der Waals surface area contributed by atoms with Crippen LogP contribution < -0.4 is 0 Å². The predicted octanol–water partition coefficient (Wildman–Crippen LogP) is 2.49. The van der Waals surface area contributed by atoms with Crippen LogP contribution in [-0.4, -0.2) is 77.3 Å². The quantitative estimate of drug-likeness (QED) is 0.802. The van der Waals surface area contributed by atoms with Crippen molar-refractivity contribution >= 4 is 22.7 Å². The first-order chi connectivity index (χ1) is 14.2. The van der Waals surface area contributed by atoms with Gasteiger partial charge in [-0.15, -0.1) is 0 Å². The number of carbonyl (C=O) groups excluding carboxylic acids is 2. The minimum atomic E-state index is 0.0935. The van der Waals surface area contributed by atoms with Gasteiger partial charge in [-0.3, -0.25) is 19.5 Å². The van der Waals surface area contributed by atoms with E-state index in [0.717, 1.165) is 61.2 Å². The van der Waals surface area contributed by atoms with Crippen LogP contribution >= 0.6 is 0 Å². The molecule has 0 unspecified atom stereocenters. The highest BCUT2D eigenvalue weighted by molar-refractivity contribution is 6.06. The maximum atomic E-state index is 13.4. The molecule has 2 saturated heterocycles. The summed E-state index contributed by atoms with van der Waals surface area (Å²) < 4.78 is 0. The molecule has 2 aromatic rings. The first-order valence-electron chi connectivity index (χ1n) is 10.9. The molecule has 3 heterocycles. The van der Waals surface area contributed by atoms with Gasteiger partial charge in [-0.2, -0.15) is 0 Å². The molecule has 0 bridgehead atoms. The zero-order chi connectivity index (χ0) is 19.8. The monoisotopic (exact) mass is 392 g/mol. The van der Waals surface area contributed by atoms with Crippen molar-refractivity contribution in [3.8, 4) is 0 Å². The van der Waals surface area contributed by atoms with Gasteiger partial charge < -0.3 is 9.80 Å². The summed E-state index contributed by atoms with van der Waals surface area (Å²) in [6.07, 6.45) is 4.58. The van der Waals surface area contributed by atoms with E-state index < -0.39 is 0 Å². The molecule has 6 nitrogen and oxygen atoms in total. The predicted molar refractivity (Wildman–Crippen MR) is 112 cm³/mol. The van der Waals surface area contributed by atoms with Crippen LogP contribution in [0.15, 0.2) is 30.3 Å². The summed E-state index contributed by atoms with van der Waals surface area (Å²) in [5, 5.41) is 0.938. The number of piperazine rings is 1. The van der Waals surface area contributed by atoms with Crippen molar-refractivity contribution in [3.05, 3.63) is 41.6 Å². The third-order valence-corrected chi connectivity index (χ3v) is 6.44. The number of carbonyl (C=O) groups is 2. The van der Waals surface area contributed by atoms with Crippen molar-refractivity contribution in [1.82, 2.24) is 19.7 Å². The smallest absolute Gasteiger partial charge is 0.254 e. The fraction of sp³-hybridized carbons (Fsp3) is 0.522. The molecule has 152 valence electrons. The first kappa shape index (κ1) is 18.6. The van der Waals surface area contributed by atoms with E-state index in [1.807, 2.05) is 40.1 Å². The standard InChI is InChI=1S/C23H28N4O2/c28-22(26-9-3-4-10-26)16-25-11-13-27(14-12-25)23(29)19-15-21(17-7-8-17)24-20-6-2-1-5-18(19)20/h1-2,5-6,15,17H,3-4,7-14,16H2. The van der Waals surface area contributed by atoms with Crippen LogP contribution in [-0.2, 0) is 4.79 Å². The summed E-state index contributed by atoms with van der Waals surface area (Å²) in [6, 6.07) is 9.97. The normalized spacial score (nSPS) is 20.4. The molecular formula is C23H28N4O2. The molecule has 2 amide bonds. The fourth-order valence-electron chi connectivity index (χ4n) is 4.50. The Labute approximate surface area is 171 Å². The van der Waals surface area contributed by atoms with Gasteiger partial charge in [-0.25, -0.2) is 0 Å². The van der Waals surface area contributed by atoms with Gasteiger partial charge in [-0.05, 0) is 37.8 Å².